The summed E-state index contributed by atoms with van der Waals surface area (Å²) in [5, 5.41) is 0. The summed E-state index contributed by atoms with van der Waals surface area (Å²) in [7, 11) is 2.58. The summed E-state index contributed by atoms with van der Waals surface area (Å²) in [5.74, 6) is -2.19. The molecule has 0 spiro atoms. The molecule has 0 saturated carbocycles. The van der Waals surface area contributed by atoms with E-state index < -0.39 is 37.0 Å². The summed E-state index contributed by atoms with van der Waals surface area (Å²) in [5.41, 5.74) is 3.41. The molecule has 0 aliphatic carbocycles. The van der Waals surface area contributed by atoms with Crippen LogP contribution in [0.2, 0.25) is 0 Å². The van der Waals surface area contributed by atoms with Gasteiger partial charge in [0.2, 0.25) is 0 Å². The second-order valence-corrected chi connectivity index (χ2v) is 10.5. The Hall–Kier alpha value is -3.94. The van der Waals surface area contributed by atoms with Crippen LogP contribution >= 0.6 is 22.7 Å². The molecule has 0 bridgehead atoms. The fourth-order valence-corrected chi connectivity index (χ4v) is 6.22. The van der Waals surface area contributed by atoms with Crippen molar-refractivity contribution in [2.75, 3.05) is 27.4 Å². The molecule has 2 aromatic heterocycles. The first kappa shape index (κ1) is 28.1. The third-order valence-corrected chi connectivity index (χ3v) is 7.81. The Morgan fingerprint density at radius 1 is 0.718 bits per heavy atom. The minimum absolute atomic E-state index is 0.105. The zero-order valence-corrected chi connectivity index (χ0v) is 23.4. The molecule has 0 unspecified atom stereocenters. The molecule has 39 heavy (non-hydrogen) atoms. The topological polar surface area (TPSA) is 131 Å². The Balaban J connectivity index is 1.52. The summed E-state index contributed by atoms with van der Waals surface area (Å²) in [6, 6.07) is 11.3. The molecule has 0 aliphatic rings. The summed E-state index contributed by atoms with van der Waals surface area (Å²) in [4.78, 5) is 58.0. The van der Waals surface area contributed by atoms with Gasteiger partial charge in [-0.3, -0.25) is 19.2 Å². The minimum Gasteiger partial charge on any atom is -0.468 e. The molecule has 0 saturated heterocycles. The van der Waals surface area contributed by atoms with E-state index in [1.54, 1.807) is 9.13 Å². The highest BCUT2D eigenvalue weighted by molar-refractivity contribution is 7.16. The molecule has 2 amide bonds. The molecule has 11 nitrogen and oxygen atoms in total. The van der Waals surface area contributed by atoms with Crippen molar-refractivity contribution in [3.05, 3.63) is 57.1 Å². The zero-order valence-electron chi connectivity index (χ0n) is 21.8. The molecule has 0 fully saturated rings. The highest BCUT2D eigenvalue weighted by Crippen LogP contribution is 2.22. The molecule has 204 valence electrons. The lowest BCUT2D eigenvalue weighted by molar-refractivity contribution is -0.142. The summed E-state index contributed by atoms with van der Waals surface area (Å²) < 4.78 is 19.9. The second kappa shape index (κ2) is 12.3. The van der Waals surface area contributed by atoms with E-state index in [4.69, 9.17) is 14.2 Å². The lowest BCUT2D eigenvalue weighted by Gasteiger charge is -2.06. The van der Waals surface area contributed by atoms with Crippen LogP contribution in [-0.4, -0.2) is 60.3 Å². The maximum atomic E-state index is 12.6. The van der Waals surface area contributed by atoms with Crippen molar-refractivity contribution < 1.29 is 33.4 Å². The number of fused-ring (bicyclic) bond motifs is 2. The van der Waals surface area contributed by atoms with Crippen LogP contribution in [0.1, 0.15) is 11.1 Å². The van der Waals surface area contributed by atoms with Gasteiger partial charge in [0, 0.05) is 0 Å². The number of para-hydroxylation sites is 2. The fraction of sp³-hybridized carbons (Fsp3) is 0.308. The number of carbonyl (C=O) groups is 4. The predicted molar refractivity (Wildman–Crippen MR) is 145 cm³/mol. The van der Waals surface area contributed by atoms with Crippen molar-refractivity contribution in [2.24, 2.45) is 9.98 Å². The summed E-state index contributed by atoms with van der Waals surface area (Å²) in [6.45, 7) is 2.68. The van der Waals surface area contributed by atoms with Gasteiger partial charge < -0.3 is 23.3 Å². The van der Waals surface area contributed by atoms with E-state index in [0.717, 1.165) is 31.6 Å². The molecule has 2 heterocycles. The van der Waals surface area contributed by atoms with Gasteiger partial charge in [0.15, 0.2) is 9.60 Å². The van der Waals surface area contributed by atoms with Crippen molar-refractivity contribution in [1.82, 2.24) is 9.13 Å². The van der Waals surface area contributed by atoms with Crippen LogP contribution in [-0.2, 0) is 46.5 Å². The number of benzene rings is 2. The maximum Gasteiger partial charge on any atom is 0.325 e. The number of hydrogen-bond donors (Lipinski definition) is 0. The monoisotopic (exact) mass is 570 g/mol. The Morgan fingerprint density at radius 2 is 1.13 bits per heavy atom. The van der Waals surface area contributed by atoms with Gasteiger partial charge in [0.1, 0.15) is 26.3 Å². The van der Waals surface area contributed by atoms with Crippen LogP contribution in [0.5, 0.6) is 0 Å². The number of thiazole rings is 2. The van der Waals surface area contributed by atoms with E-state index in [9.17, 15) is 19.2 Å². The number of esters is 2. The first-order valence-corrected chi connectivity index (χ1v) is 13.4. The number of aryl methyl sites for hydroxylation is 2. The van der Waals surface area contributed by atoms with Crippen molar-refractivity contribution in [3.8, 4) is 0 Å². The number of nitrogens with zero attached hydrogens (tertiary/aromatic N) is 4. The Bertz CT molecular complexity index is 1600. The van der Waals surface area contributed by atoms with Gasteiger partial charge in [-0.05, 0) is 37.1 Å². The largest absolute Gasteiger partial charge is 0.468 e. The Morgan fingerprint density at radius 3 is 1.51 bits per heavy atom. The van der Waals surface area contributed by atoms with Crippen molar-refractivity contribution >= 4 is 66.9 Å². The Labute approximate surface area is 230 Å². The van der Waals surface area contributed by atoms with Crippen molar-refractivity contribution in [2.45, 2.75) is 26.9 Å². The third kappa shape index (κ3) is 6.38. The van der Waals surface area contributed by atoms with E-state index in [-0.39, 0.29) is 13.1 Å². The number of carbonyl (C=O) groups excluding carboxylic acids is 4. The average molecular weight is 571 g/mol. The predicted octanol–water partition coefficient (Wildman–Crippen LogP) is 2.25. The standard InChI is InChI=1S/C26H26N4O7S2/c1-15-7-5-9-17-23(15)29(11-21(33)35-3)25(38-17)27-19(31)13-37-14-20(32)28-26-30(12-22(34)36-4)24-16(2)8-6-10-18(24)39-26/h5-10H,11-14H2,1-4H3. The molecule has 0 N–H and O–H groups in total. The molecular weight excluding hydrogens is 544 g/mol. The number of hydrogen-bond acceptors (Lipinski definition) is 9. The van der Waals surface area contributed by atoms with Gasteiger partial charge in [0.25, 0.3) is 11.8 Å². The second-order valence-electron chi connectivity index (χ2n) is 8.44. The van der Waals surface area contributed by atoms with Crippen molar-refractivity contribution in [3.63, 3.8) is 0 Å². The molecule has 4 rings (SSSR count). The molecule has 0 aliphatic heterocycles. The Kier molecular flexibility index (Phi) is 8.84. The molecular formula is C26H26N4O7S2. The van der Waals surface area contributed by atoms with Gasteiger partial charge in [-0.1, -0.05) is 46.9 Å². The minimum atomic E-state index is -0.621. The van der Waals surface area contributed by atoms with E-state index >= 15 is 0 Å². The number of amides is 2. The molecule has 0 atom stereocenters. The lowest BCUT2D eigenvalue weighted by atomic mass is 10.2. The first-order chi connectivity index (χ1) is 18.7. The van der Waals surface area contributed by atoms with Gasteiger partial charge in [0.05, 0.1) is 34.7 Å². The van der Waals surface area contributed by atoms with Crippen LogP contribution in [0.15, 0.2) is 46.4 Å². The quantitative estimate of drug-likeness (QED) is 0.297. The zero-order chi connectivity index (χ0) is 28.1. The molecule has 2 aromatic carbocycles. The highest BCUT2D eigenvalue weighted by atomic mass is 32.1. The van der Waals surface area contributed by atoms with E-state index in [1.165, 1.54) is 36.9 Å². The smallest absolute Gasteiger partial charge is 0.325 e. The van der Waals surface area contributed by atoms with E-state index in [2.05, 4.69) is 9.98 Å². The van der Waals surface area contributed by atoms with Crippen LogP contribution in [0.3, 0.4) is 0 Å². The van der Waals surface area contributed by atoms with Gasteiger partial charge in [-0.15, -0.1) is 0 Å². The number of ether oxygens (including phenoxy) is 3. The van der Waals surface area contributed by atoms with Crippen LogP contribution in [0.4, 0.5) is 0 Å². The number of methoxy groups -OCH3 is 2. The van der Waals surface area contributed by atoms with Gasteiger partial charge in [-0.2, -0.15) is 9.98 Å². The van der Waals surface area contributed by atoms with Gasteiger partial charge >= 0.3 is 11.9 Å². The summed E-state index contributed by atoms with van der Waals surface area (Å²) in [6.07, 6.45) is 0. The average Bonchev–Trinajstić information content (AvgIpc) is 3.42. The molecule has 4 aromatic rings. The highest BCUT2D eigenvalue weighted by Gasteiger charge is 2.15. The van der Waals surface area contributed by atoms with Gasteiger partial charge in [-0.25, -0.2) is 0 Å². The van der Waals surface area contributed by atoms with Crippen LogP contribution in [0.25, 0.3) is 20.4 Å². The van der Waals surface area contributed by atoms with E-state index in [1.807, 2.05) is 50.2 Å². The normalized spacial score (nSPS) is 12.3. The van der Waals surface area contributed by atoms with Crippen molar-refractivity contribution in [1.29, 1.82) is 0 Å². The SMILES string of the molecule is COC(=O)Cn1c(=NC(=O)COCC(=O)N=c2sc3cccc(C)c3n2CC(=O)OC)sc2cccc(C)c21. The number of aromatic nitrogens is 2. The number of rotatable bonds is 8. The van der Waals surface area contributed by atoms with E-state index in [0.29, 0.717) is 9.60 Å². The fourth-order valence-electron chi connectivity index (χ4n) is 3.97. The lowest BCUT2D eigenvalue weighted by Crippen LogP contribution is -2.24. The van der Waals surface area contributed by atoms with Crippen LogP contribution < -0.4 is 9.60 Å². The first-order valence-electron chi connectivity index (χ1n) is 11.8. The molecule has 13 heteroatoms. The summed E-state index contributed by atoms with van der Waals surface area (Å²) >= 11 is 2.52. The maximum absolute atomic E-state index is 12.6. The third-order valence-electron chi connectivity index (χ3n) is 5.73. The molecule has 0 radical (unpaired) electrons. The van der Waals surface area contributed by atoms with Crippen LogP contribution in [0, 0.1) is 13.8 Å².